The smallest absolute Gasteiger partial charge is 0.417 e. The Morgan fingerprint density at radius 2 is 1.95 bits per heavy atom. The summed E-state index contributed by atoms with van der Waals surface area (Å²) in [7, 11) is 0. The zero-order valence-electron chi connectivity index (χ0n) is 12.6. The number of aliphatic hydroxyl groups excluding tert-OH is 1. The summed E-state index contributed by atoms with van der Waals surface area (Å²) in [5.74, 6) is -0.391. The van der Waals surface area contributed by atoms with Gasteiger partial charge in [-0.3, -0.25) is 4.79 Å². The van der Waals surface area contributed by atoms with Gasteiger partial charge < -0.3 is 9.84 Å². The molecule has 1 aliphatic heterocycles. The molecule has 1 aromatic carbocycles. The Bertz CT molecular complexity index is 521. The average molecular weight is 291 g/mol. The fourth-order valence-corrected chi connectivity index (χ4v) is 2.40. The van der Waals surface area contributed by atoms with Crippen LogP contribution in [0.2, 0.25) is 0 Å². The first-order valence-corrected chi connectivity index (χ1v) is 7.05. The molecule has 0 saturated carbocycles. The van der Waals surface area contributed by atoms with Gasteiger partial charge in [-0.15, -0.1) is 0 Å². The van der Waals surface area contributed by atoms with Gasteiger partial charge in [-0.1, -0.05) is 30.3 Å². The number of hydrogen-bond acceptors (Lipinski definition) is 4. The van der Waals surface area contributed by atoms with Gasteiger partial charge in [-0.25, -0.2) is 9.69 Å². The lowest BCUT2D eigenvalue weighted by Gasteiger charge is -2.28. The van der Waals surface area contributed by atoms with Crippen LogP contribution in [0, 0.1) is 0 Å². The predicted octanol–water partition coefficient (Wildman–Crippen LogP) is 2.13. The molecule has 1 N–H and O–H groups in total. The molecular weight excluding hydrogens is 270 g/mol. The molecule has 0 aromatic heterocycles. The van der Waals surface area contributed by atoms with E-state index in [1.165, 1.54) is 0 Å². The van der Waals surface area contributed by atoms with Gasteiger partial charge in [0.25, 0.3) is 0 Å². The van der Waals surface area contributed by atoms with Crippen molar-refractivity contribution in [3.05, 3.63) is 35.9 Å². The molecule has 1 saturated heterocycles. The van der Waals surface area contributed by atoms with Crippen LogP contribution in [0.4, 0.5) is 4.79 Å². The molecule has 0 aliphatic carbocycles. The van der Waals surface area contributed by atoms with Crippen molar-refractivity contribution in [1.82, 2.24) is 4.90 Å². The van der Waals surface area contributed by atoms with Gasteiger partial charge in [0, 0.05) is 0 Å². The van der Waals surface area contributed by atoms with Crippen LogP contribution in [-0.2, 0) is 16.0 Å². The van der Waals surface area contributed by atoms with Crippen molar-refractivity contribution in [3.63, 3.8) is 0 Å². The number of hydrogen-bond donors (Lipinski definition) is 1. The largest absolute Gasteiger partial charge is 0.443 e. The Morgan fingerprint density at radius 3 is 2.52 bits per heavy atom. The summed E-state index contributed by atoms with van der Waals surface area (Å²) in [6, 6.07) is 8.90. The molecule has 2 amide bonds. The Balaban J connectivity index is 2.17. The Labute approximate surface area is 124 Å². The summed E-state index contributed by atoms with van der Waals surface area (Å²) >= 11 is 0. The van der Waals surface area contributed by atoms with E-state index in [4.69, 9.17) is 4.74 Å². The van der Waals surface area contributed by atoms with Crippen LogP contribution in [0.1, 0.15) is 32.8 Å². The van der Waals surface area contributed by atoms with E-state index >= 15 is 0 Å². The standard InChI is InChI=1S/C16H21NO4/c1-16(2,3)21-15(20)17-12(13(18)10-14(17)19)9-11-7-5-4-6-8-11/h4-8,12-13,18H,9-10H2,1-3H3/t12-,13-/m0/s1. The maximum absolute atomic E-state index is 12.2. The molecule has 2 rings (SSSR count). The van der Waals surface area contributed by atoms with E-state index in [1.807, 2.05) is 30.3 Å². The van der Waals surface area contributed by atoms with Gasteiger partial charge in [0.15, 0.2) is 0 Å². The zero-order chi connectivity index (χ0) is 15.6. The molecule has 2 atom stereocenters. The van der Waals surface area contributed by atoms with E-state index in [2.05, 4.69) is 0 Å². The average Bonchev–Trinajstić information content (AvgIpc) is 2.63. The highest BCUT2D eigenvalue weighted by Gasteiger charge is 2.44. The van der Waals surface area contributed by atoms with Gasteiger partial charge in [0.1, 0.15) is 5.60 Å². The number of imide groups is 1. The van der Waals surface area contributed by atoms with Crippen LogP contribution in [0.3, 0.4) is 0 Å². The van der Waals surface area contributed by atoms with Crippen LogP contribution >= 0.6 is 0 Å². The predicted molar refractivity (Wildman–Crippen MR) is 77.6 cm³/mol. The minimum Gasteiger partial charge on any atom is -0.443 e. The fraction of sp³-hybridized carbons (Fsp3) is 0.500. The SMILES string of the molecule is CC(C)(C)OC(=O)N1C(=O)C[C@H](O)[C@@H]1Cc1ccccc1. The van der Waals surface area contributed by atoms with E-state index in [-0.39, 0.29) is 6.42 Å². The molecule has 1 fully saturated rings. The lowest BCUT2D eigenvalue weighted by atomic mass is 10.0. The number of benzene rings is 1. The third-order valence-electron chi connectivity index (χ3n) is 3.31. The summed E-state index contributed by atoms with van der Waals surface area (Å²) in [4.78, 5) is 25.2. The second-order valence-electron chi connectivity index (χ2n) is 6.27. The van der Waals surface area contributed by atoms with E-state index in [9.17, 15) is 14.7 Å². The lowest BCUT2D eigenvalue weighted by molar-refractivity contribution is -0.128. The highest BCUT2D eigenvalue weighted by molar-refractivity contribution is 5.94. The maximum atomic E-state index is 12.2. The van der Waals surface area contributed by atoms with Crippen molar-refractivity contribution in [2.45, 2.75) is 51.4 Å². The quantitative estimate of drug-likeness (QED) is 0.906. The summed E-state index contributed by atoms with van der Waals surface area (Å²) in [5, 5.41) is 10.1. The van der Waals surface area contributed by atoms with Gasteiger partial charge in [0.2, 0.25) is 5.91 Å². The van der Waals surface area contributed by atoms with E-state index in [1.54, 1.807) is 20.8 Å². The highest BCUT2D eigenvalue weighted by Crippen LogP contribution is 2.25. The number of rotatable bonds is 2. The monoisotopic (exact) mass is 291 g/mol. The number of likely N-dealkylation sites (tertiary alicyclic amines) is 1. The van der Waals surface area contributed by atoms with Gasteiger partial charge in [-0.05, 0) is 32.8 Å². The molecule has 0 spiro atoms. The van der Waals surface area contributed by atoms with Crippen LogP contribution < -0.4 is 0 Å². The first kappa shape index (κ1) is 15.5. The number of carbonyl (C=O) groups excluding carboxylic acids is 2. The van der Waals surface area contributed by atoms with Gasteiger partial charge in [0.05, 0.1) is 18.6 Å². The summed E-state index contributed by atoms with van der Waals surface area (Å²) in [6.45, 7) is 5.23. The second-order valence-corrected chi connectivity index (χ2v) is 6.27. The third kappa shape index (κ3) is 3.82. The number of nitrogens with zero attached hydrogens (tertiary/aromatic N) is 1. The van der Waals surface area contributed by atoms with Crippen LogP contribution in [0.5, 0.6) is 0 Å². The molecule has 114 valence electrons. The number of carbonyl (C=O) groups is 2. The molecule has 0 unspecified atom stereocenters. The lowest BCUT2D eigenvalue weighted by Crippen LogP contribution is -2.45. The van der Waals surface area contributed by atoms with E-state index < -0.39 is 29.7 Å². The zero-order valence-corrected chi connectivity index (χ0v) is 12.6. The first-order chi connectivity index (χ1) is 9.78. The Kier molecular flexibility index (Phi) is 4.32. The third-order valence-corrected chi connectivity index (χ3v) is 3.31. The molecule has 21 heavy (non-hydrogen) atoms. The maximum Gasteiger partial charge on any atom is 0.417 e. The molecule has 1 aromatic rings. The minimum atomic E-state index is -0.856. The number of ether oxygens (including phenoxy) is 1. The van der Waals surface area contributed by atoms with Crippen molar-refractivity contribution in [1.29, 1.82) is 0 Å². The number of amides is 2. The van der Waals surface area contributed by atoms with Crippen LogP contribution in [-0.4, -0.2) is 39.8 Å². The molecule has 5 nitrogen and oxygen atoms in total. The van der Waals surface area contributed by atoms with Crippen molar-refractivity contribution < 1.29 is 19.4 Å². The van der Waals surface area contributed by atoms with E-state index in [0.717, 1.165) is 10.5 Å². The van der Waals surface area contributed by atoms with Crippen molar-refractivity contribution >= 4 is 12.0 Å². The Morgan fingerprint density at radius 1 is 1.33 bits per heavy atom. The number of aliphatic hydroxyl groups is 1. The Hall–Kier alpha value is -1.88. The van der Waals surface area contributed by atoms with Crippen molar-refractivity contribution in [3.8, 4) is 0 Å². The summed E-state index contributed by atoms with van der Waals surface area (Å²) in [5.41, 5.74) is 0.284. The normalized spacial score (nSPS) is 22.5. The molecule has 0 radical (unpaired) electrons. The highest BCUT2D eigenvalue weighted by atomic mass is 16.6. The van der Waals surface area contributed by atoms with E-state index in [0.29, 0.717) is 6.42 Å². The molecule has 1 aliphatic rings. The molecule has 5 heteroatoms. The second kappa shape index (κ2) is 5.85. The van der Waals surface area contributed by atoms with Crippen LogP contribution in [0.15, 0.2) is 30.3 Å². The van der Waals surface area contributed by atoms with Crippen molar-refractivity contribution in [2.75, 3.05) is 0 Å². The fourth-order valence-electron chi connectivity index (χ4n) is 2.40. The topological polar surface area (TPSA) is 66.8 Å². The molecular formula is C16H21NO4. The molecule has 1 heterocycles. The molecule has 0 bridgehead atoms. The minimum absolute atomic E-state index is 0.0449. The van der Waals surface area contributed by atoms with Crippen molar-refractivity contribution in [2.24, 2.45) is 0 Å². The summed E-state index contributed by atoms with van der Waals surface area (Å²) in [6.07, 6.45) is -1.17. The summed E-state index contributed by atoms with van der Waals surface area (Å²) < 4.78 is 5.26. The van der Waals surface area contributed by atoms with Gasteiger partial charge >= 0.3 is 6.09 Å². The van der Waals surface area contributed by atoms with Gasteiger partial charge in [-0.2, -0.15) is 0 Å². The first-order valence-electron chi connectivity index (χ1n) is 7.05. The van der Waals surface area contributed by atoms with Crippen LogP contribution in [0.25, 0.3) is 0 Å².